The number of sulfonamides is 1. The highest BCUT2D eigenvalue weighted by atomic mass is 32.2. The molecule has 170 valence electrons. The summed E-state index contributed by atoms with van der Waals surface area (Å²) in [6, 6.07) is 0. The summed E-state index contributed by atoms with van der Waals surface area (Å²) in [5.74, 6) is 0.0823. The molecule has 0 aliphatic carbocycles. The van der Waals surface area contributed by atoms with E-state index in [4.69, 9.17) is 15.0 Å². The van der Waals surface area contributed by atoms with Crippen LogP contribution in [-0.2, 0) is 14.8 Å². The van der Waals surface area contributed by atoms with Crippen LogP contribution in [0.25, 0.3) is 0 Å². The lowest BCUT2D eigenvalue weighted by atomic mass is 9.82. The molecule has 0 radical (unpaired) electrons. The predicted molar refractivity (Wildman–Crippen MR) is 119 cm³/mol. The van der Waals surface area contributed by atoms with Gasteiger partial charge < -0.3 is 9.84 Å². The Morgan fingerprint density at radius 3 is 1.57 bits per heavy atom. The molecule has 6 heteroatoms. The molecule has 0 saturated carbocycles. The number of rotatable bonds is 19. The topological polar surface area (TPSA) is 89.6 Å². The van der Waals surface area contributed by atoms with Gasteiger partial charge in [-0.15, -0.1) is 0 Å². The third-order valence-electron chi connectivity index (χ3n) is 5.58. The number of ether oxygens (including phenoxy) is 1. The molecule has 28 heavy (non-hydrogen) atoms. The van der Waals surface area contributed by atoms with E-state index in [1.807, 2.05) is 0 Å². The molecule has 0 saturated heterocycles. The zero-order chi connectivity index (χ0) is 21.5. The largest absolute Gasteiger partial charge is 0.396 e. The SMILES string of the molecule is CC(C)(CCCCCO)CCCCOCCCCC(C)(C)CCCS(N)(=O)=O. The fraction of sp³-hybridized carbons (Fsp3) is 1.00. The second-order valence-corrected chi connectivity index (χ2v) is 11.6. The van der Waals surface area contributed by atoms with Gasteiger partial charge in [-0.3, -0.25) is 0 Å². The van der Waals surface area contributed by atoms with Crippen LogP contribution in [0.5, 0.6) is 0 Å². The molecule has 0 atom stereocenters. The van der Waals surface area contributed by atoms with E-state index in [1.54, 1.807) is 0 Å². The minimum atomic E-state index is -3.33. The molecule has 0 fully saturated rings. The van der Waals surface area contributed by atoms with Gasteiger partial charge in [-0.05, 0) is 62.2 Å². The van der Waals surface area contributed by atoms with Crippen LogP contribution in [0.2, 0.25) is 0 Å². The molecule has 0 aromatic carbocycles. The second-order valence-electron chi connectivity index (χ2n) is 9.86. The summed E-state index contributed by atoms with van der Waals surface area (Å²) in [4.78, 5) is 0. The molecule has 0 aliphatic heterocycles. The van der Waals surface area contributed by atoms with E-state index >= 15 is 0 Å². The number of primary sulfonamides is 1. The molecule has 0 aromatic heterocycles. The molecular formula is C22H47NO4S. The van der Waals surface area contributed by atoms with Crippen molar-refractivity contribution >= 4 is 10.0 Å². The lowest BCUT2D eigenvalue weighted by Crippen LogP contribution is -2.19. The molecule has 3 N–H and O–H groups in total. The average molecular weight is 422 g/mol. The van der Waals surface area contributed by atoms with E-state index < -0.39 is 10.0 Å². The van der Waals surface area contributed by atoms with Crippen molar-refractivity contribution in [1.29, 1.82) is 0 Å². The van der Waals surface area contributed by atoms with Gasteiger partial charge >= 0.3 is 0 Å². The number of aliphatic hydroxyl groups excluding tert-OH is 1. The first-order valence-corrected chi connectivity index (χ1v) is 12.9. The molecule has 0 amide bonds. The lowest BCUT2D eigenvalue weighted by molar-refractivity contribution is 0.119. The minimum absolute atomic E-state index is 0.0823. The smallest absolute Gasteiger partial charge is 0.209 e. The Labute approximate surface area is 174 Å². The van der Waals surface area contributed by atoms with Gasteiger partial charge in [-0.25, -0.2) is 13.6 Å². The fourth-order valence-corrected chi connectivity index (χ4v) is 4.16. The number of hydrogen-bond donors (Lipinski definition) is 2. The van der Waals surface area contributed by atoms with Gasteiger partial charge in [0.1, 0.15) is 0 Å². The van der Waals surface area contributed by atoms with Gasteiger partial charge in [0.15, 0.2) is 0 Å². The third-order valence-corrected chi connectivity index (χ3v) is 6.44. The van der Waals surface area contributed by atoms with Crippen LogP contribution in [0, 0.1) is 10.8 Å². The van der Waals surface area contributed by atoms with Gasteiger partial charge in [0.2, 0.25) is 10.0 Å². The fourth-order valence-electron chi connectivity index (χ4n) is 3.61. The summed E-state index contributed by atoms with van der Waals surface area (Å²) in [7, 11) is -3.33. The van der Waals surface area contributed by atoms with Crippen molar-refractivity contribution in [3.63, 3.8) is 0 Å². The molecule has 0 heterocycles. The summed E-state index contributed by atoms with van der Waals surface area (Å²) in [6.45, 7) is 11.1. The zero-order valence-corrected chi connectivity index (χ0v) is 19.8. The number of nitrogens with two attached hydrogens (primary N) is 1. The maximum Gasteiger partial charge on any atom is 0.209 e. The number of hydrogen-bond acceptors (Lipinski definition) is 4. The average Bonchev–Trinajstić information content (AvgIpc) is 2.55. The second kappa shape index (κ2) is 14.8. The van der Waals surface area contributed by atoms with Crippen LogP contribution in [-0.4, -0.2) is 39.1 Å². The standard InChI is InChI=1S/C22H47NO4S/c1-21(2,13-6-5-9-17-24)14-7-10-18-27-19-11-8-15-22(3,4)16-12-20-28(23,25)26/h24H,5-20H2,1-4H3,(H2,23,25,26). The molecule has 0 bridgehead atoms. The van der Waals surface area contributed by atoms with E-state index in [2.05, 4.69) is 27.7 Å². The van der Waals surface area contributed by atoms with Crippen LogP contribution < -0.4 is 5.14 Å². The van der Waals surface area contributed by atoms with Crippen molar-refractivity contribution in [2.24, 2.45) is 16.0 Å². The Hall–Kier alpha value is -0.170. The van der Waals surface area contributed by atoms with E-state index in [-0.39, 0.29) is 11.2 Å². The minimum Gasteiger partial charge on any atom is -0.396 e. The molecular weight excluding hydrogens is 374 g/mol. The first kappa shape index (κ1) is 27.8. The highest BCUT2D eigenvalue weighted by molar-refractivity contribution is 7.89. The molecule has 0 aliphatic rings. The van der Waals surface area contributed by atoms with E-state index in [0.717, 1.165) is 58.2 Å². The van der Waals surface area contributed by atoms with Crippen molar-refractivity contribution < 1.29 is 18.3 Å². The Kier molecular flexibility index (Phi) is 14.7. The van der Waals surface area contributed by atoms with E-state index in [9.17, 15) is 8.42 Å². The Bertz CT molecular complexity index is 475. The molecule has 0 rings (SSSR count). The highest BCUT2D eigenvalue weighted by Crippen LogP contribution is 2.30. The number of unbranched alkanes of at least 4 members (excludes halogenated alkanes) is 4. The van der Waals surface area contributed by atoms with Crippen LogP contribution in [0.3, 0.4) is 0 Å². The maximum absolute atomic E-state index is 11.0. The van der Waals surface area contributed by atoms with Gasteiger partial charge in [-0.2, -0.15) is 0 Å². The van der Waals surface area contributed by atoms with Crippen molar-refractivity contribution in [1.82, 2.24) is 0 Å². The highest BCUT2D eigenvalue weighted by Gasteiger charge is 2.18. The van der Waals surface area contributed by atoms with Gasteiger partial charge in [0, 0.05) is 19.8 Å². The molecule has 0 spiro atoms. The van der Waals surface area contributed by atoms with Crippen LogP contribution in [0.1, 0.15) is 105 Å². The Morgan fingerprint density at radius 1 is 0.714 bits per heavy atom. The Morgan fingerprint density at radius 2 is 1.14 bits per heavy atom. The molecule has 0 aromatic rings. The van der Waals surface area contributed by atoms with Gasteiger partial charge in [-0.1, -0.05) is 53.4 Å². The first-order chi connectivity index (χ1) is 13.0. The summed E-state index contributed by atoms with van der Waals surface area (Å²) in [6.07, 6.45) is 12.9. The van der Waals surface area contributed by atoms with Gasteiger partial charge in [0.05, 0.1) is 5.75 Å². The molecule has 5 nitrogen and oxygen atoms in total. The zero-order valence-electron chi connectivity index (χ0n) is 19.0. The normalized spacial score (nSPS) is 13.2. The number of aliphatic hydroxyl groups is 1. The summed E-state index contributed by atoms with van der Waals surface area (Å²) in [5.41, 5.74) is 0.553. The summed E-state index contributed by atoms with van der Waals surface area (Å²) in [5, 5.41) is 13.9. The van der Waals surface area contributed by atoms with Crippen LogP contribution in [0.15, 0.2) is 0 Å². The van der Waals surface area contributed by atoms with E-state index in [0.29, 0.717) is 18.4 Å². The third kappa shape index (κ3) is 19.2. The monoisotopic (exact) mass is 421 g/mol. The lowest BCUT2D eigenvalue weighted by Gasteiger charge is -2.24. The first-order valence-electron chi connectivity index (χ1n) is 11.2. The van der Waals surface area contributed by atoms with Crippen LogP contribution in [0.4, 0.5) is 0 Å². The summed E-state index contributed by atoms with van der Waals surface area (Å²) >= 11 is 0. The van der Waals surface area contributed by atoms with Crippen molar-refractivity contribution in [3.05, 3.63) is 0 Å². The van der Waals surface area contributed by atoms with Crippen molar-refractivity contribution in [2.75, 3.05) is 25.6 Å². The predicted octanol–water partition coefficient (Wildman–Crippen LogP) is 5.02. The van der Waals surface area contributed by atoms with Gasteiger partial charge in [0.25, 0.3) is 0 Å². The quantitative estimate of drug-likeness (QED) is 0.287. The van der Waals surface area contributed by atoms with Crippen LogP contribution >= 0.6 is 0 Å². The summed E-state index contributed by atoms with van der Waals surface area (Å²) < 4.78 is 27.8. The maximum atomic E-state index is 11.0. The van der Waals surface area contributed by atoms with Crippen molar-refractivity contribution in [3.8, 4) is 0 Å². The Balaban J connectivity index is 3.58. The molecule has 0 unspecified atom stereocenters. The van der Waals surface area contributed by atoms with E-state index in [1.165, 1.54) is 25.7 Å². The van der Waals surface area contributed by atoms with Crippen molar-refractivity contribution in [2.45, 2.75) is 105 Å².